The first-order valence-electron chi connectivity index (χ1n) is 11.3. The van der Waals surface area contributed by atoms with Crippen molar-refractivity contribution < 1.29 is 24.2 Å². The fourth-order valence-electron chi connectivity index (χ4n) is 3.29. The van der Waals surface area contributed by atoms with E-state index in [1.807, 2.05) is 30.3 Å². The van der Waals surface area contributed by atoms with Gasteiger partial charge in [0.1, 0.15) is 6.61 Å². The van der Waals surface area contributed by atoms with E-state index in [9.17, 15) is 14.4 Å². The fourth-order valence-corrected chi connectivity index (χ4v) is 3.29. The van der Waals surface area contributed by atoms with Gasteiger partial charge < -0.3 is 20.5 Å². The summed E-state index contributed by atoms with van der Waals surface area (Å²) in [5.41, 5.74) is 0.210. The number of ether oxygens (including phenoxy) is 1. The Morgan fingerprint density at radius 3 is 2.27 bits per heavy atom. The van der Waals surface area contributed by atoms with Gasteiger partial charge in [-0.2, -0.15) is 0 Å². The minimum atomic E-state index is -0.827. The topological polar surface area (TPSA) is 105 Å². The van der Waals surface area contributed by atoms with Gasteiger partial charge in [-0.25, -0.2) is 0 Å². The fraction of sp³-hybridized carbons (Fsp3) is 0.500. The van der Waals surface area contributed by atoms with Crippen molar-refractivity contribution in [1.82, 2.24) is 10.6 Å². The normalized spacial score (nSPS) is 13.8. The zero-order valence-electron chi connectivity index (χ0n) is 20.0. The molecule has 0 bridgehead atoms. The van der Waals surface area contributed by atoms with Crippen LogP contribution in [0.15, 0.2) is 55.6 Å². The molecule has 33 heavy (non-hydrogen) atoms. The molecule has 3 atom stereocenters. The highest BCUT2D eigenvalue weighted by molar-refractivity contribution is 5.86. The van der Waals surface area contributed by atoms with Crippen LogP contribution in [0.1, 0.15) is 45.6 Å². The zero-order chi connectivity index (χ0) is 24.9. The van der Waals surface area contributed by atoms with Crippen LogP contribution in [-0.4, -0.2) is 47.7 Å². The van der Waals surface area contributed by atoms with Crippen LogP contribution in [0.25, 0.3) is 0 Å². The number of allylic oxidation sites excluding steroid dienone is 2. The number of amides is 2. The van der Waals surface area contributed by atoms with Crippen LogP contribution in [-0.2, 0) is 25.5 Å². The quantitative estimate of drug-likeness (QED) is 0.277. The van der Waals surface area contributed by atoms with Crippen molar-refractivity contribution in [3.63, 3.8) is 0 Å². The van der Waals surface area contributed by atoms with Gasteiger partial charge in [0.25, 0.3) is 0 Å². The first-order valence-corrected chi connectivity index (χ1v) is 11.3. The van der Waals surface area contributed by atoms with E-state index in [4.69, 9.17) is 9.84 Å². The van der Waals surface area contributed by atoms with Crippen LogP contribution in [0.3, 0.4) is 0 Å². The molecule has 0 aliphatic heterocycles. The molecule has 0 saturated heterocycles. The molecule has 0 unspecified atom stereocenters. The van der Waals surface area contributed by atoms with Crippen LogP contribution in [0.2, 0.25) is 0 Å². The lowest BCUT2D eigenvalue weighted by atomic mass is 9.96. The summed E-state index contributed by atoms with van der Waals surface area (Å²) in [5, 5.41) is 14.6. The second-order valence-electron chi connectivity index (χ2n) is 8.97. The van der Waals surface area contributed by atoms with Gasteiger partial charge in [-0.1, -0.05) is 42.5 Å². The molecule has 1 aromatic rings. The molecule has 0 spiro atoms. The summed E-state index contributed by atoms with van der Waals surface area (Å²) in [6.07, 6.45) is 4.61. The lowest BCUT2D eigenvalue weighted by molar-refractivity contribution is -0.151. The Hall–Kier alpha value is -2.93. The molecule has 0 radical (unpaired) electrons. The summed E-state index contributed by atoms with van der Waals surface area (Å²) in [5.74, 6) is -1.97. The van der Waals surface area contributed by atoms with Crippen molar-refractivity contribution in [3.8, 4) is 0 Å². The molecule has 0 heterocycles. The zero-order valence-corrected chi connectivity index (χ0v) is 20.0. The van der Waals surface area contributed by atoms with Gasteiger partial charge in [-0.05, 0) is 45.6 Å². The predicted octanol–water partition coefficient (Wildman–Crippen LogP) is 2.94. The second-order valence-corrected chi connectivity index (χ2v) is 8.97. The number of rotatable bonds is 15. The van der Waals surface area contributed by atoms with E-state index in [0.29, 0.717) is 19.3 Å². The SMILES string of the molecule is C=CC[C@@H](CC(=O)N[C@H](C)CO)C(=O)NC(C)(C)COC(=O)[C@@H](CC=C)Cc1ccccc1. The van der Waals surface area contributed by atoms with E-state index in [2.05, 4.69) is 23.8 Å². The molecule has 2 amide bonds. The van der Waals surface area contributed by atoms with E-state index < -0.39 is 11.5 Å². The Morgan fingerprint density at radius 1 is 1.09 bits per heavy atom. The summed E-state index contributed by atoms with van der Waals surface area (Å²) in [7, 11) is 0. The Balaban J connectivity index is 2.69. The van der Waals surface area contributed by atoms with Gasteiger partial charge in [0.2, 0.25) is 11.8 Å². The molecule has 1 aromatic carbocycles. The Bertz CT molecular complexity index is 791. The number of benzene rings is 1. The van der Waals surface area contributed by atoms with E-state index in [1.165, 1.54) is 0 Å². The first kappa shape index (κ1) is 28.1. The smallest absolute Gasteiger partial charge is 0.309 e. The molecular formula is C26H38N2O5. The lowest BCUT2D eigenvalue weighted by Gasteiger charge is -2.29. The second kappa shape index (κ2) is 14.3. The number of hydrogen-bond donors (Lipinski definition) is 3. The molecule has 0 fully saturated rings. The monoisotopic (exact) mass is 458 g/mol. The predicted molar refractivity (Wildman–Crippen MR) is 129 cm³/mol. The van der Waals surface area contributed by atoms with Gasteiger partial charge in [0, 0.05) is 12.5 Å². The summed E-state index contributed by atoms with van der Waals surface area (Å²) in [4.78, 5) is 37.7. The van der Waals surface area contributed by atoms with Gasteiger partial charge in [0.05, 0.1) is 24.0 Å². The van der Waals surface area contributed by atoms with Crippen molar-refractivity contribution in [3.05, 3.63) is 61.2 Å². The van der Waals surface area contributed by atoms with Crippen LogP contribution in [0.5, 0.6) is 0 Å². The number of aliphatic hydroxyl groups is 1. The first-order chi connectivity index (χ1) is 15.6. The molecular weight excluding hydrogens is 420 g/mol. The Morgan fingerprint density at radius 2 is 1.70 bits per heavy atom. The van der Waals surface area contributed by atoms with Crippen molar-refractivity contribution in [2.75, 3.05) is 13.2 Å². The van der Waals surface area contributed by atoms with E-state index in [1.54, 1.807) is 32.9 Å². The van der Waals surface area contributed by atoms with E-state index >= 15 is 0 Å². The van der Waals surface area contributed by atoms with Crippen LogP contribution in [0.4, 0.5) is 0 Å². The summed E-state index contributed by atoms with van der Waals surface area (Å²) in [6, 6.07) is 9.31. The third-order valence-corrected chi connectivity index (χ3v) is 5.08. The Kier molecular flexibility index (Phi) is 12.1. The minimum Gasteiger partial charge on any atom is -0.463 e. The highest BCUT2D eigenvalue weighted by atomic mass is 16.5. The number of nitrogens with one attached hydrogen (secondary N) is 2. The summed E-state index contributed by atoms with van der Waals surface area (Å²) < 4.78 is 5.55. The van der Waals surface area contributed by atoms with E-state index in [-0.39, 0.29) is 49.4 Å². The van der Waals surface area contributed by atoms with Crippen molar-refractivity contribution in [2.45, 2.75) is 58.0 Å². The molecule has 0 saturated carbocycles. The van der Waals surface area contributed by atoms with Gasteiger partial charge in [-0.3, -0.25) is 14.4 Å². The molecule has 0 aromatic heterocycles. The van der Waals surface area contributed by atoms with Crippen molar-refractivity contribution >= 4 is 17.8 Å². The third-order valence-electron chi connectivity index (χ3n) is 5.08. The summed E-state index contributed by atoms with van der Waals surface area (Å²) in [6.45, 7) is 12.4. The van der Waals surface area contributed by atoms with Crippen LogP contribution >= 0.6 is 0 Å². The summed E-state index contributed by atoms with van der Waals surface area (Å²) >= 11 is 0. The number of aliphatic hydroxyl groups excluding tert-OH is 1. The molecule has 182 valence electrons. The molecule has 0 aliphatic rings. The average molecular weight is 459 g/mol. The number of esters is 1. The maximum absolute atomic E-state index is 12.8. The molecule has 1 rings (SSSR count). The number of carbonyl (C=O) groups is 3. The van der Waals surface area contributed by atoms with Gasteiger partial charge in [-0.15, -0.1) is 13.2 Å². The molecule has 3 N–H and O–H groups in total. The highest BCUT2D eigenvalue weighted by Gasteiger charge is 2.29. The van der Waals surface area contributed by atoms with Gasteiger partial charge in [0.15, 0.2) is 0 Å². The van der Waals surface area contributed by atoms with Crippen LogP contribution in [0, 0.1) is 11.8 Å². The maximum Gasteiger partial charge on any atom is 0.309 e. The van der Waals surface area contributed by atoms with E-state index in [0.717, 1.165) is 5.56 Å². The number of carbonyl (C=O) groups excluding carboxylic acids is 3. The molecule has 7 nitrogen and oxygen atoms in total. The lowest BCUT2D eigenvalue weighted by Crippen LogP contribution is -2.50. The minimum absolute atomic E-state index is 0.00540. The molecule has 7 heteroatoms. The van der Waals surface area contributed by atoms with Crippen LogP contribution < -0.4 is 10.6 Å². The van der Waals surface area contributed by atoms with Crippen molar-refractivity contribution in [1.29, 1.82) is 0 Å². The Labute approximate surface area is 197 Å². The maximum atomic E-state index is 12.8. The van der Waals surface area contributed by atoms with Gasteiger partial charge >= 0.3 is 5.97 Å². The largest absolute Gasteiger partial charge is 0.463 e. The average Bonchev–Trinajstić information content (AvgIpc) is 2.77. The number of hydrogen-bond acceptors (Lipinski definition) is 5. The standard InChI is InChI=1S/C26H38N2O5/c1-6-11-21(16-23(30)27-19(3)17-29)24(31)28-26(4,5)18-33-25(32)22(12-7-2)15-20-13-9-8-10-14-20/h6-10,13-14,19,21-22,29H,1-2,11-12,15-18H2,3-5H3,(H,27,30)(H,28,31)/t19-,21+,22+/m1/s1. The third kappa shape index (κ3) is 11.0. The highest BCUT2D eigenvalue weighted by Crippen LogP contribution is 2.17. The van der Waals surface area contributed by atoms with Crippen molar-refractivity contribution in [2.24, 2.45) is 11.8 Å². The molecule has 0 aliphatic carbocycles.